The van der Waals surface area contributed by atoms with Crippen molar-refractivity contribution in [2.75, 3.05) is 14.2 Å². The van der Waals surface area contributed by atoms with Gasteiger partial charge in [0.1, 0.15) is 0 Å². The first-order valence-corrected chi connectivity index (χ1v) is 3.08. The first-order valence-electron chi connectivity index (χ1n) is 3.08. The summed E-state index contributed by atoms with van der Waals surface area (Å²) in [6.07, 6.45) is -2.49. The number of rotatable bonds is 0. The molecule has 12 heavy (non-hydrogen) atoms. The Hall–Kier alpha value is -1.46. The molecule has 0 spiro atoms. The highest BCUT2D eigenvalue weighted by molar-refractivity contribution is 5.59. The lowest BCUT2D eigenvalue weighted by molar-refractivity contribution is 0.0924. The van der Waals surface area contributed by atoms with Crippen molar-refractivity contribution in [1.82, 2.24) is 0 Å². The Kier molecular flexibility index (Phi) is 22.9. The molecule has 6 nitrogen and oxygen atoms in total. The zero-order valence-electron chi connectivity index (χ0n) is 7.53. The lowest BCUT2D eigenvalue weighted by atomic mass is 11.0. The van der Waals surface area contributed by atoms with Crippen LogP contribution in [0.2, 0.25) is 0 Å². The van der Waals surface area contributed by atoms with Crippen molar-refractivity contribution in [3.05, 3.63) is 0 Å². The highest BCUT2D eigenvalue weighted by atomic mass is 16.7. The van der Waals surface area contributed by atoms with E-state index in [9.17, 15) is 4.79 Å². The van der Waals surface area contributed by atoms with Crippen LogP contribution in [0, 0.1) is 0 Å². The molecule has 2 N–H and O–H groups in total. The molecule has 0 aromatic carbocycles. The molecule has 0 rings (SSSR count). The Morgan fingerprint density at radius 2 is 1.17 bits per heavy atom. The van der Waals surface area contributed by atoms with E-state index in [0.717, 1.165) is 0 Å². The minimum Gasteiger partial charge on any atom is -0.450 e. The van der Waals surface area contributed by atoms with Crippen LogP contribution in [0.1, 0.15) is 13.8 Å². The fourth-order valence-electron chi connectivity index (χ4n) is 0.0833. The third-order valence-corrected chi connectivity index (χ3v) is 0.333. The maximum Gasteiger partial charge on any atom is 0.507 e. The molecule has 0 bridgehead atoms. The second-order valence-electron chi connectivity index (χ2n) is 0.941. The number of carboxylic acid groups (broad SMARTS) is 2. The second kappa shape index (κ2) is 16.3. The molecule has 0 saturated carbocycles. The third kappa shape index (κ3) is 75.3. The average Bonchev–Trinajstić information content (AvgIpc) is 2.06. The molecule has 0 saturated heterocycles. The van der Waals surface area contributed by atoms with Crippen LogP contribution in [0.3, 0.4) is 0 Å². The van der Waals surface area contributed by atoms with Crippen LogP contribution in [-0.2, 0) is 9.47 Å². The van der Waals surface area contributed by atoms with Crippen molar-refractivity contribution in [2.24, 2.45) is 0 Å². The summed E-state index contributed by atoms with van der Waals surface area (Å²) in [6.45, 7) is 4.00. The molecule has 6 heteroatoms. The number of carbonyl (C=O) groups excluding carboxylic acids is 1. The predicted octanol–water partition coefficient (Wildman–Crippen LogP) is 1.65. The fraction of sp³-hybridized carbons (Fsp3) is 0.667. The van der Waals surface area contributed by atoms with E-state index in [1.165, 1.54) is 14.2 Å². The van der Waals surface area contributed by atoms with Gasteiger partial charge >= 0.3 is 12.3 Å². The van der Waals surface area contributed by atoms with Gasteiger partial charge in [-0.15, -0.1) is 0 Å². The monoisotopic (exact) mass is 182 g/mol. The van der Waals surface area contributed by atoms with Crippen molar-refractivity contribution < 1.29 is 29.3 Å². The molecule has 0 aliphatic heterocycles. The minimum absolute atomic E-state index is 0.657. The molecule has 74 valence electrons. The van der Waals surface area contributed by atoms with Crippen molar-refractivity contribution in [2.45, 2.75) is 13.8 Å². The molecular formula is C6H14O6. The van der Waals surface area contributed by atoms with Crippen molar-refractivity contribution >= 4 is 12.3 Å². The Morgan fingerprint density at radius 3 is 1.17 bits per heavy atom. The molecular weight excluding hydrogens is 168 g/mol. The lowest BCUT2D eigenvalue weighted by Crippen LogP contribution is -1.97. The van der Waals surface area contributed by atoms with Gasteiger partial charge in [-0.25, -0.2) is 9.59 Å². The summed E-state index contributed by atoms with van der Waals surface area (Å²) < 4.78 is 8.08. The minimum atomic E-state index is -1.83. The molecule has 0 aromatic rings. The van der Waals surface area contributed by atoms with Gasteiger partial charge in [-0.2, -0.15) is 0 Å². The normalized spacial score (nSPS) is 6.00. The molecule has 0 unspecified atom stereocenters. The quantitative estimate of drug-likeness (QED) is 0.553. The van der Waals surface area contributed by atoms with Gasteiger partial charge in [-0.05, 0) is 0 Å². The van der Waals surface area contributed by atoms with Gasteiger partial charge in [0, 0.05) is 0 Å². The topological polar surface area (TPSA) is 93.1 Å². The fourth-order valence-corrected chi connectivity index (χ4v) is 0.0833. The summed E-state index contributed by atoms with van der Waals surface area (Å²) >= 11 is 0. The Bertz CT molecular complexity index is 101. The number of carbonyl (C=O) groups is 2. The number of methoxy groups -OCH3 is 2. The Morgan fingerprint density at radius 1 is 1.00 bits per heavy atom. The molecule has 0 amide bonds. The smallest absolute Gasteiger partial charge is 0.450 e. The van der Waals surface area contributed by atoms with Gasteiger partial charge in [-0.1, -0.05) is 13.8 Å². The van der Waals surface area contributed by atoms with E-state index in [4.69, 9.17) is 15.0 Å². The molecule has 0 radical (unpaired) electrons. The van der Waals surface area contributed by atoms with Crippen LogP contribution in [0.4, 0.5) is 9.59 Å². The van der Waals surface area contributed by atoms with Crippen LogP contribution in [0.5, 0.6) is 0 Å². The molecule has 0 atom stereocenters. The van der Waals surface area contributed by atoms with E-state index in [0.29, 0.717) is 0 Å². The van der Waals surface area contributed by atoms with Crippen LogP contribution in [-0.4, -0.2) is 36.7 Å². The summed E-state index contributed by atoms with van der Waals surface area (Å²) in [5, 5.41) is 13.9. The van der Waals surface area contributed by atoms with E-state index in [-0.39, 0.29) is 0 Å². The number of hydrogen-bond acceptors (Lipinski definition) is 4. The van der Waals surface area contributed by atoms with E-state index in [1.54, 1.807) is 0 Å². The molecule has 0 aliphatic carbocycles. The van der Waals surface area contributed by atoms with Gasteiger partial charge in [0.15, 0.2) is 0 Å². The number of ether oxygens (including phenoxy) is 2. The first-order chi connectivity index (χ1) is 5.54. The lowest BCUT2D eigenvalue weighted by Gasteiger charge is -1.89. The van der Waals surface area contributed by atoms with Gasteiger partial charge in [-0.3, -0.25) is 0 Å². The molecule has 0 heterocycles. The summed E-state index contributed by atoms with van der Waals surface area (Å²) in [6, 6.07) is 0. The highest BCUT2D eigenvalue weighted by Crippen LogP contribution is 1.72. The molecule has 0 aromatic heterocycles. The molecule has 0 aliphatic rings. The van der Waals surface area contributed by atoms with Crippen molar-refractivity contribution in [3.63, 3.8) is 0 Å². The van der Waals surface area contributed by atoms with E-state index in [2.05, 4.69) is 9.47 Å². The van der Waals surface area contributed by atoms with Crippen LogP contribution < -0.4 is 0 Å². The van der Waals surface area contributed by atoms with Crippen LogP contribution in [0.25, 0.3) is 0 Å². The maximum atomic E-state index is 9.74. The highest BCUT2D eigenvalue weighted by Gasteiger charge is 1.88. The van der Waals surface area contributed by atoms with Crippen molar-refractivity contribution in [3.8, 4) is 0 Å². The molecule has 0 fully saturated rings. The van der Waals surface area contributed by atoms with E-state index in [1.807, 2.05) is 13.8 Å². The third-order valence-electron chi connectivity index (χ3n) is 0.333. The van der Waals surface area contributed by atoms with Gasteiger partial charge in [0.05, 0.1) is 14.2 Å². The summed E-state index contributed by atoms with van der Waals surface area (Å²) in [7, 11) is 2.51. The average molecular weight is 182 g/mol. The standard InChI is InChI=1S/C3H6O3.C2H6.CH2O3/c1-5-3(4)6-2;1-2;2-1(3)4/h1-2H3;1-2H3;(H2,2,3,4). The first kappa shape index (κ1) is 16.9. The van der Waals surface area contributed by atoms with Gasteiger partial charge < -0.3 is 19.7 Å². The second-order valence-corrected chi connectivity index (χ2v) is 0.941. The van der Waals surface area contributed by atoms with Crippen LogP contribution >= 0.6 is 0 Å². The number of hydrogen-bond donors (Lipinski definition) is 2. The summed E-state index contributed by atoms with van der Waals surface area (Å²) in [5.74, 6) is 0. The largest absolute Gasteiger partial charge is 0.507 e. The predicted molar refractivity (Wildman–Crippen MR) is 41.4 cm³/mol. The van der Waals surface area contributed by atoms with E-state index >= 15 is 0 Å². The van der Waals surface area contributed by atoms with Gasteiger partial charge in [0.25, 0.3) is 0 Å². The zero-order valence-corrected chi connectivity index (χ0v) is 7.53. The van der Waals surface area contributed by atoms with Gasteiger partial charge in [0.2, 0.25) is 0 Å². The SMILES string of the molecule is CC.COC(=O)OC.O=C(O)O. The zero-order chi connectivity index (χ0) is 10.6. The van der Waals surface area contributed by atoms with Crippen molar-refractivity contribution in [1.29, 1.82) is 0 Å². The summed E-state index contributed by atoms with van der Waals surface area (Å²) in [5.41, 5.74) is 0. The maximum absolute atomic E-state index is 9.74. The Balaban J connectivity index is -0.000000118. The van der Waals surface area contributed by atoms with Crippen LogP contribution in [0.15, 0.2) is 0 Å². The Labute approximate surface area is 70.7 Å². The van der Waals surface area contributed by atoms with E-state index < -0.39 is 12.3 Å². The summed E-state index contributed by atoms with van der Waals surface area (Å²) in [4.78, 5) is 18.3.